The molecule has 4 rings (SSSR count). The summed E-state index contributed by atoms with van der Waals surface area (Å²) in [4.78, 5) is 6.54. The molecule has 0 amide bonds. The van der Waals surface area contributed by atoms with Crippen LogP contribution in [0.5, 0.6) is 0 Å². The molecule has 0 aliphatic rings. The van der Waals surface area contributed by atoms with Gasteiger partial charge < -0.3 is 9.47 Å². The van der Waals surface area contributed by atoms with Crippen molar-refractivity contribution in [3.8, 4) is 0 Å². The fourth-order valence-electron chi connectivity index (χ4n) is 3.20. The Balaban J connectivity index is 1.91. The van der Waals surface area contributed by atoms with Crippen LogP contribution in [0.1, 0.15) is 5.56 Å². The zero-order chi connectivity index (χ0) is 16.0. The van der Waals surface area contributed by atoms with E-state index in [4.69, 9.17) is 0 Å². The third-order valence-corrected chi connectivity index (χ3v) is 4.53. The van der Waals surface area contributed by atoms with E-state index < -0.39 is 0 Å². The van der Waals surface area contributed by atoms with Crippen molar-refractivity contribution in [1.29, 1.82) is 0 Å². The maximum absolute atomic E-state index is 4.43. The molecule has 2 aromatic carbocycles. The van der Waals surface area contributed by atoms with Crippen molar-refractivity contribution in [3.63, 3.8) is 0 Å². The lowest BCUT2D eigenvalue weighted by Gasteiger charge is -2.18. The van der Waals surface area contributed by atoms with Crippen molar-refractivity contribution >= 4 is 33.3 Å². The van der Waals surface area contributed by atoms with E-state index in [2.05, 4.69) is 71.9 Å². The van der Waals surface area contributed by atoms with Gasteiger partial charge in [0.1, 0.15) is 5.82 Å². The van der Waals surface area contributed by atoms with Crippen LogP contribution in [0.4, 0.5) is 11.5 Å². The Morgan fingerprint density at radius 2 is 1.65 bits per heavy atom. The molecule has 0 aliphatic heterocycles. The summed E-state index contributed by atoms with van der Waals surface area (Å²) in [6.07, 6.45) is 1.82. The smallest absolute Gasteiger partial charge is 0.132 e. The molecule has 3 heteroatoms. The molecule has 0 bridgehead atoms. The Morgan fingerprint density at radius 1 is 0.913 bits per heavy atom. The van der Waals surface area contributed by atoms with E-state index in [1.165, 1.54) is 27.4 Å². The average Bonchev–Trinajstić information content (AvgIpc) is 2.87. The van der Waals surface area contributed by atoms with Crippen molar-refractivity contribution in [2.75, 3.05) is 11.9 Å². The average molecular weight is 301 g/mol. The van der Waals surface area contributed by atoms with Crippen LogP contribution in [0, 0.1) is 6.92 Å². The first-order valence-corrected chi connectivity index (χ1v) is 7.79. The van der Waals surface area contributed by atoms with Gasteiger partial charge in [-0.1, -0.05) is 24.3 Å². The summed E-state index contributed by atoms with van der Waals surface area (Å²) in [7, 11) is 4.19. The van der Waals surface area contributed by atoms with E-state index in [9.17, 15) is 0 Å². The molecular weight excluding hydrogens is 282 g/mol. The van der Waals surface area contributed by atoms with Crippen LogP contribution in [0.3, 0.4) is 0 Å². The Kier molecular flexibility index (Phi) is 3.08. The van der Waals surface area contributed by atoms with Crippen LogP contribution in [-0.4, -0.2) is 16.6 Å². The minimum atomic E-state index is 0.946. The first kappa shape index (κ1) is 13.8. The van der Waals surface area contributed by atoms with Crippen LogP contribution in [0.15, 0.2) is 60.8 Å². The van der Waals surface area contributed by atoms with E-state index in [0.29, 0.717) is 0 Å². The van der Waals surface area contributed by atoms with Crippen LogP contribution in [0.2, 0.25) is 0 Å². The molecule has 0 N–H and O–H groups in total. The molecule has 0 unspecified atom stereocenters. The third-order valence-electron chi connectivity index (χ3n) is 4.53. The Bertz CT molecular complexity index is 1000. The summed E-state index contributed by atoms with van der Waals surface area (Å²) >= 11 is 0. The molecule has 4 aromatic rings. The molecular formula is C20H19N3. The molecule has 0 saturated carbocycles. The number of benzene rings is 2. The van der Waals surface area contributed by atoms with E-state index in [1.807, 2.05) is 24.4 Å². The molecule has 2 aromatic heterocycles. The highest BCUT2D eigenvalue weighted by Gasteiger charge is 2.11. The second-order valence-corrected chi connectivity index (χ2v) is 6.03. The minimum Gasteiger partial charge on any atom is -0.344 e. The van der Waals surface area contributed by atoms with Crippen molar-refractivity contribution in [1.82, 2.24) is 9.55 Å². The van der Waals surface area contributed by atoms with Gasteiger partial charge in [-0.3, -0.25) is 0 Å². The second-order valence-electron chi connectivity index (χ2n) is 6.03. The van der Waals surface area contributed by atoms with E-state index in [0.717, 1.165) is 11.5 Å². The maximum Gasteiger partial charge on any atom is 0.132 e. The number of hydrogen-bond acceptors (Lipinski definition) is 2. The summed E-state index contributed by atoms with van der Waals surface area (Å²) in [6.45, 7) is 2.14. The summed E-state index contributed by atoms with van der Waals surface area (Å²) in [5.41, 5.74) is 4.94. The van der Waals surface area contributed by atoms with E-state index in [1.54, 1.807) is 0 Å². The zero-order valence-electron chi connectivity index (χ0n) is 13.6. The molecule has 0 radical (unpaired) electrons. The summed E-state index contributed by atoms with van der Waals surface area (Å²) < 4.78 is 2.27. The normalized spacial score (nSPS) is 11.3. The number of hydrogen-bond donors (Lipinski definition) is 0. The molecule has 0 saturated heterocycles. The number of aryl methyl sites for hydroxylation is 2. The quantitative estimate of drug-likeness (QED) is 0.530. The van der Waals surface area contributed by atoms with Crippen molar-refractivity contribution in [2.24, 2.45) is 7.05 Å². The Hall–Kier alpha value is -2.81. The van der Waals surface area contributed by atoms with Crippen LogP contribution in [0.25, 0.3) is 21.8 Å². The first-order chi connectivity index (χ1) is 11.1. The predicted octanol–water partition coefficient (Wildman–Crippen LogP) is 4.80. The lowest BCUT2D eigenvalue weighted by molar-refractivity contribution is 1.01. The van der Waals surface area contributed by atoms with Gasteiger partial charge in [0.15, 0.2) is 0 Å². The predicted molar refractivity (Wildman–Crippen MR) is 97.5 cm³/mol. The highest BCUT2D eigenvalue weighted by molar-refractivity contribution is 6.09. The fraction of sp³-hybridized carbons (Fsp3) is 0.150. The largest absolute Gasteiger partial charge is 0.344 e. The first-order valence-electron chi connectivity index (χ1n) is 7.79. The third kappa shape index (κ3) is 2.16. The minimum absolute atomic E-state index is 0.946. The molecule has 2 heterocycles. The summed E-state index contributed by atoms with van der Waals surface area (Å²) in [5.74, 6) is 0.946. The van der Waals surface area contributed by atoms with Crippen LogP contribution < -0.4 is 4.90 Å². The van der Waals surface area contributed by atoms with Gasteiger partial charge in [-0.2, -0.15) is 0 Å². The van der Waals surface area contributed by atoms with Crippen molar-refractivity contribution < 1.29 is 0 Å². The number of nitrogens with zero attached hydrogens (tertiary/aromatic N) is 3. The second kappa shape index (κ2) is 5.13. The van der Waals surface area contributed by atoms with Gasteiger partial charge in [-0.05, 0) is 42.8 Å². The summed E-state index contributed by atoms with van der Waals surface area (Å²) in [5, 5.41) is 2.60. The van der Waals surface area contributed by atoms with Crippen molar-refractivity contribution in [3.05, 3.63) is 66.4 Å². The molecule has 0 aliphatic carbocycles. The van der Waals surface area contributed by atoms with Crippen molar-refractivity contribution in [2.45, 2.75) is 6.92 Å². The summed E-state index contributed by atoms with van der Waals surface area (Å²) in [6, 6.07) is 19.2. The number of aromatic nitrogens is 2. The highest BCUT2D eigenvalue weighted by Crippen LogP contribution is 2.32. The molecule has 0 atom stereocenters. The van der Waals surface area contributed by atoms with Gasteiger partial charge in [-0.15, -0.1) is 0 Å². The van der Waals surface area contributed by atoms with Crippen LogP contribution in [-0.2, 0) is 7.05 Å². The number of fused-ring (bicyclic) bond motifs is 3. The van der Waals surface area contributed by atoms with E-state index >= 15 is 0 Å². The van der Waals surface area contributed by atoms with Gasteiger partial charge in [0, 0.05) is 42.3 Å². The highest BCUT2D eigenvalue weighted by atomic mass is 15.2. The fourth-order valence-corrected chi connectivity index (χ4v) is 3.20. The topological polar surface area (TPSA) is 21.1 Å². The molecule has 0 fully saturated rings. The molecule has 23 heavy (non-hydrogen) atoms. The molecule has 0 spiro atoms. The molecule has 114 valence electrons. The monoisotopic (exact) mass is 301 g/mol. The van der Waals surface area contributed by atoms with Gasteiger partial charge in [-0.25, -0.2) is 4.98 Å². The maximum atomic E-state index is 4.43. The lowest BCUT2D eigenvalue weighted by atomic mass is 10.1. The van der Waals surface area contributed by atoms with Gasteiger partial charge in [0.2, 0.25) is 0 Å². The zero-order valence-corrected chi connectivity index (χ0v) is 13.6. The Morgan fingerprint density at radius 3 is 2.39 bits per heavy atom. The number of anilines is 2. The van der Waals surface area contributed by atoms with Gasteiger partial charge >= 0.3 is 0 Å². The number of pyridine rings is 1. The van der Waals surface area contributed by atoms with Crippen LogP contribution >= 0.6 is 0 Å². The van der Waals surface area contributed by atoms with Gasteiger partial charge in [0.05, 0.1) is 5.52 Å². The SMILES string of the molecule is Cc1ccc2c3ccc(N(C)c4ccccn4)cc3n(C)c2c1. The standard InChI is InChI=1S/C20H19N3/c1-14-7-9-16-17-10-8-15(13-19(17)23(3)18(16)12-14)22(2)20-6-4-5-11-21-20/h4-13H,1-3H3. The Labute approximate surface area is 135 Å². The van der Waals surface area contributed by atoms with Gasteiger partial charge in [0.25, 0.3) is 0 Å². The molecule has 3 nitrogen and oxygen atoms in total. The number of rotatable bonds is 2. The van der Waals surface area contributed by atoms with E-state index in [-0.39, 0.29) is 0 Å². The lowest BCUT2D eigenvalue weighted by Crippen LogP contribution is -2.10.